The number of aryl methyl sites for hydroxylation is 2. The van der Waals surface area contributed by atoms with Gasteiger partial charge in [0.25, 0.3) is 5.56 Å². The minimum Gasteiger partial charge on any atom is -0.296 e. The van der Waals surface area contributed by atoms with E-state index in [0.29, 0.717) is 22.2 Å². The van der Waals surface area contributed by atoms with Crippen molar-refractivity contribution in [2.75, 3.05) is 0 Å². The van der Waals surface area contributed by atoms with E-state index in [2.05, 4.69) is 39.0 Å². The topological polar surface area (TPSA) is 65.6 Å². The second-order valence-corrected chi connectivity index (χ2v) is 7.98. The van der Waals surface area contributed by atoms with Crippen LogP contribution in [0.5, 0.6) is 0 Å². The number of hydrogen-bond donors (Lipinski definition) is 0. The minimum atomic E-state index is -0.0768. The molecule has 3 aromatic heterocycles. The lowest BCUT2D eigenvalue weighted by atomic mass is 10.1. The Morgan fingerprint density at radius 2 is 1.63 bits per heavy atom. The molecule has 0 saturated carbocycles. The molecule has 0 aliphatic heterocycles. The van der Waals surface area contributed by atoms with Crippen LogP contribution in [-0.2, 0) is 0 Å². The summed E-state index contributed by atoms with van der Waals surface area (Å²) in [5.74, 6) is 0. The van der Waals surface area contributed by atoms with E-state index in [-0.39, 0.29) is 11.6 Å². The Morgan fingerprint density at radius 3 is 2.30 bits per heavy atom. The van der Waals surface area contributed by atoms with Crippen molar-refractivity contribution in [1.82, 2.24) is 24.1 Å². The number of aromatic nitrogens is 5. The molecular weight excluding hydrogens is 374 g/mol. The fourth-order valence-electron chi connectivity index (χ4n) is 4.08. The molecule has 6 heteroatoms. The van der Waals surface area contributed by atoms with Crippen LogP contribution in [0.1, 0.15) is 37.4 Å². The van der Waals surface area contributed by atoms with Crippen molar-refractivity contribution in [3.8, 4) is 5.69 Å². The van der Waals surface area contributed by atoms with Gasteiger partial charge in [-0.1, -0.05) is 25.1 Å². The van der Waals surface area contributed by atoms with Crippen molar-refractivity contribution in [3.63, 3.8) is 0 Å². The zero-order valence-electron chi connectivity index (χ0n) is 17.5. The van der Waals surface area contributed by atoms with Crippen molar-refractivity contribution in [3.05, 3.63) is 70.3 Å². The van der Waals surface area contributed by atoms with E-state index in [9.17, 15) is 4.79 Å². The maximum Gasteiger partial charge on any atom is 0.265 e. The Hall–Kier alpha value is -3.54. The van der Waals surface area contributed by atoms with Crippen molar-refractivity contribution >= 4 is 33.2 Å². The summed E-state index contributed by atoms with van der Waals surface area (Å²) in [6.45, 7) is 8.22. The Labute approximate surface area is 173 Å². The summed E-state index contributed by atoms with van der Waals surface area (Å²) in [5.41, 5.74) is 6.54. The van der Waals surface area contributed by atoms with Gasteiger partial charge in [0.1, 0.15) is 17.2 Å². The van der Waals surface area contributed by atoms with E-state index in [4.69, 9.17) is 15.0 Å². The first-order valence-corrected chi connectivity index (χ1v) is 10.2. The summed E-state index contributed by atoms with van der Waals surface area (Å²) >= 11 is 0. The number of rotatable bonds is 3. The molecule has 0 N–H and O–H groups in total. The van der Waals surface area contributed by atoms with Crippen molar-refractivity contribution < 1.29 is 0 Å². The molecule has 0 unspecified atom stereocenters. The molecule has 30 heavy (non-hydrogen) atoms. The first kappa shape index (κ1) is 18.5. The molecule has 0 aliphatic rings. The lowest BCUT2D eigenvalue weighted by molar-refractivity contribution is 0.510. The van der Waals surface area contributed by atoms with Gasteiger partial charge >= 0.3 is 0 Å². The van der Waals surface area contributed by atoms with Crippen LogP contribution in [0.25, 0.3) is 38.9 Å². The summed E-state index contributed by atoms with van der Waals surface area (Å²) in [7, 11) is 0. The van der Waals surface area contributed by atoms with Crippen LogP contribution in [0.2, 0.25) is 0 Å². The molecule has 0 saturated heterocycles. The molecule has 2 aromatic carbocycles. The van der Waals surface area contributed by atoms with Crippen molar-refractivity contribution in [2.45, 2.75) is 40.2 Å². The van der Waals surface area contributed by atoms with Crippen LogP contribution in [0.3, 0.4) is 0 Å². The van der Waals surface area contributed by atoms with Crippen LogP contribution < -0.4 is 5.56 Å². The normalized spacial score (nSPS) is 12.8. The molecule has 0 aliphatic carbocycles. The number of hydrogen-bond acceptors (Lipinski definition) is 4. The minimum absolute atomic E-state index is 0.0578. The van der Waals surface area contributed by atoms with E-state index in [1.807, 2.05) is 35.8 Å². The van der Waals surface area contributed by atoms with E-state index in [1.165, 1.54) is 0 Å². The van der Waals surface area contributed by atoms with Crippen LogP contribution >= 0.6 is 0 Å². The number of fused-ring (bicyclic) bond motifs is 4. The maximum atomic E-state index is 13.5. The molecule has 1 atom stereocenters. The molecule has 6 nitrogen and oxygen atoms in total. The van der Waals surface area contributed by atoms with Crippen LogP contribution in [0, 0.1) is 13.8 Å². The zero-order valence-corrected chi connectivity index (χ0v) is 17.5. The maximum absolute atomic E-state index is 13.5. The van der Waals surface area contributed by atoms with Gasteiger partial charge in [-0.2, -0.15) is 0 Å². The predicted molar refractivity (Wildman–Crippen MR) is 120 cm³/mol. The van der Waals surface area contributed by atoms with Gasteiger partial charge in [-0.3, -0.25) is 13.9 Å². The fraction of sp³-hybridized carbons (Fsp3) is 0.250. The van der Waals surface area contributed by atoms with E-state index in [1.54, 1.807) is 10.9 Å². The molecule has 3 heterocycles. The molecule has 0 amide bonds. The smallest absolute Gasteiger partial charge is 0.265 e. The molecular formula is C24H23N5O. The molecule has 0 bridgehead atoms. The third kappa shape index (κ3) is 2.71. The summed E-state index contributed by atoms with van der Waals surface area (Å²) in [5, 5.41) is 0.519. The highest BCUT2D eigenvalue weighted by molar-refractivity contribution is 6.05. The van der Waals surface area contributed by atoms with E-state index in [0.717, 1.165) is 34.3 Å². The monoisotopic (exact) mass is 397 g/mol. The highest BCUT2D eigenvalue weighted by Crippen LogP contribution is 2.29. The van der Waals surface area contributed by atoms with Crippen molar-refractivity contribution in [2.24, 2.45) is 0 Å². The van der Waals surface area contributed by atoms with Gasteiger partial charge in [-0.15, -0.1) is 0 Å². The molecule has 5 aromatic rings. The molecule has 0 radical (unpaired) electrons. The fourth-order valence-corrected chi connectivity index (χ4v) is 4.08. The van der Waals surface area contributed by atoms with Crippen molar-refractivity contribution in [1.29, 1.82) is 0 Å². The molecule has 0 fully saturated rings. The van der Waals surface area contributed by atoms with Gasteiger partial charge in [-0.25, -0.2) is 15.0 Å². The standard InChI is InChI=1S/C24H23N5O/c1-5-16(4)28-13-25-22-20(24(28)30)21-23(27-19-9-7-6-8-18(19)26-21)29(22)17-11-14(2)10-15(3)12-17/h6-13,16H,5H2,1-4H3/t16-/m0/s1. The van der Waals surface area contributed by atoms with Gasteiger partial charge in [0.15, 0.2) is 11.3 Å². The Balaban J connectivity index is 2.00. The zero-order chi connectivity index (χ0) is 21.0. The van der Waals surface area contributed by atoms with Gasteiger partial charge in [-0.05, 0) is 62.6 Å². The summed E-state index contributed by atoms with van der Waals surface area (Å²) in [4.78, 5) is 28.0. The average Bonchev–Trinajstić information content (AvgIpc) is 3.05. The average molecular weight is 397 g/mol. The lowest BCUT2D eigenvalue weighted by Crippen LogP contribution is -2.23. The number of para-hydroxylation sites is 2. The second-order valence-electron chi connectivity index (χ2n) is 7.98. The number of benzene rings is 2. The largest absolute Gasteiger partial charge is 0.296 e. The summed E-state index contributed by atoms with van der Waals surface area (Å²) in [6.07, 6.45) is 2.49. The van der Waals surface area contributed by atoms with E-state index < -0.39 is 0 Å². The Bertz CT molecular complexity index is 1470. The first-order valence-electron chi connectivity index (χ1n) is 10.2. The van der Waals surface area contributed by atoms with Crippen LogP contribution in [-0.4, -0.2) is 24.1 Å². The predicted octanol–water partition coefficient (Wildman–Crippen LogP) is 4.87. The highest BCUT2D eigenvalue weighted by Gasteiger charge is 2.22. The first-order chi connectivity index (χ1) is 14.5. The van der Waals surface area contributed by atoms with Crippen LogP contribution in [0.15, 0.2) is 53.6 Å². The second kappa shape index (κ2) is 6.76. The highest BCUT2D eigenvalue weighted by atomic mass is 16.1. The molecule has 0 spiro atoms. The summed E-state index contributed by atoms with van der Waals surface area (Å²) < 4.78 is 3.66. The Kier molecular flexibility index (Phi) is 4.17. The van der Waals surface area contributed by atoms with Gasteiger partial charge in [0, 0.05) is 11.7 Å². The quantitative estimate of drug-likeness (QED) is 0.436. The summed E-state index contributed by atoms with van der Waals surface area (Å²) in [6, 6.07) is 14.1. The third-order valence-corrected chi connectivity index (χ3v) is 5.72. The molecule has 150 valence electrons. The van der Waals surface area contributed by atoms with Gasteiger partial charge in [0.2, 0.25) is 0 Å². The van der Waals surface area contributed by atoms with Crippen LogP contribution in [0.4, 0.5) is 0 Å². The van der Waals surface area contributed by atoms with Gasteiger partial charge in [0.05, 0.1) is 11.0 Å². The lowest BCUT2D eigenvalue weighted by Gasteiger charge is -2.12. The number of nitrogens with zero attached hydrogens (tertiary/aromatic N) is 5. The third-order valence-electron chi connectivity index (χ3n) is 5.72. The van der Waals surface area contributed by atoms with Gasteiger partial charge < -0.3 is 0 Å². The molecule has 5 rings (SSSR count). The Morgan fingerprint density at radius 1 is 0.967 bits per heavy atom. The SMILES string of the molecule is CC[C@H](C)n1cnc2c(c1=O)c1nc3ccccc3nc1n2-c1cc(C)cc(C)c1. The van der Waals surface area contributed by atoms with E-state index >= 15 is 0 Å².